The van der Waals surface area contributed by atoms with Gasteiger partial charge in [-0.2, -0.15) is 0 Å². The summed E-state index contributed by atoms with van der Waals surface area (Å²) in [7, 11) is 0. The Morgan fingerprint density at radius 2 is 1.63 bits per heavy atom. The minimum atomic E-state index is 0.695. The van der Waals surface area contributed by atoms with Gasteiger partial charge in [0.15, 0.2) is 11.0 Å². The first-order chi connectivity index (χ1) is 14.8. The van der Waals surface area contributed by atoms with E-state index in [1.165, 1.54) is 5.56 Å². The molecule has 0 aliphatic carbocycles. The van der Waals surface area contributed by atoms with E-state index in [0.717, 1.165) is 44.8 Å². The van der Waals surface area contributed by atoms with Gasteiger partial charge in [0.05, 0.1) is 33.8 Å². The molecule has 148 valence electrons. The lowest BCUT2D eigenvalue weighted by Gasteiger charge is -2.10. The van der Waals surface area contributed by atoms with Gasteiger partial charge in [-0.1, -0.05) is 60.3 Å². The molecular weight excluding hydrogens is 410 g/mol. The average molecular weight is 430 g/mol. The molecule has 0 unspecified atom stereocenters. The van der Waals surface area contributed by atoms with Gasteiger partial charge in [-0.15, -0.1) is 21.5 Å². The summed E-state index contributed by atoms with van der Waals surface area (Å²) in [5.41, 5.74) is 5.00. The number of para-hydroxylation sites is 2. The second-order valence-electron chi connectivity index (χ2n) is 6.89. The Labute approximate surface area is 182 Å². The number of rotatable bonds is 6. The molecule has 3 aromatic heterocycles. The zero-order chi connectivity index (χ0) is 20.3. The Morgan fingerprint density at radius 1 is 0.867 bits per heavy atom. The van der Waals surface area contributed by atoms with Crippen LogP contribution in [-0.2, 0) is 12.3 Å². The van der Waals surface area contributed by atoms with E-state index in [0.29, 0.717) is 5.75 Å². The molecular formula is C23H19N5S2. The van der Waals surface area contributed by atoms with Gasteiger partial charge in [0.25, 0.3) is 0 Å². The molecule has 0 atom stereocenters. The maximum Gasteiger partial charge on any atom is 0.192 e. The topological polar surface area (TPSA) is 56.5 Å². The molecule has 0 saturated heterocycles. The zero-order valence-electron chi connectivity index (χ0n) is 16.4. The number of nitrogens with zero attached hydrogens (tertiary/aromatic N) is 5. The maximum absolute atomic E-state index is 4.82. The van der Waals surface area contributed by atoms with Gasteiger partial charge >= 0.3 is 0 Å². The van der Waals surface area contributed by atoms with Crippen LogP contribution in [0.1, 0.15) is 17.0 Å². The fourth-order valence-corrected chi connectivity index (χ4v) is 4.95. The average Bonchev–Trinajstić information content (AvgIpc) is 3.43. The second kappa shape index (κ2) is 8.38. The first-order valence-corrected chi connectivity index (χ1v) is 11.5. The highest BCUT2D eigenvalue weighted by atomic mass is 32.2. The molecule has 5 nitrogen and oxygen atoms in total. The number of fused-ring (bicyclic) bond motifs is 1. The minimum absolute atomic E-state index is 0.695. The van der Waals surface area contributed by atoms with E-state index in [4.69, 9.17) is 9.97 Å². The van der Waals surface area contributed by atoms with Crippen LogP contribution < -0.4 is 0 Å². The summed E-state index contributed by atoms with van der Waals surface area (Å²) < 4.78 is 2.19. The lowest BCUT2D eigenvalue weighted by molar-refractivity contribution is 0.715. The number of thiophene rings is 1. The van der Waals surface area contributed by atoms with Crippen LogP contribution in [0.15, 0.2) is 77.3 Å². The lowest BCUT2D eigenvalue weighted by Crippen LogP contribution is -2.04. The Kier molecular flexibility index (Phi) is 5.29. The van der Waals surface area contributed by atoms with Crippen LogP contribution in [0.2, 0.25) is 0 Å². The molecule has 0 spiro atoms. The first-order valence-electron chi connectivity index (χ1n) is 9.64. The molecule has 0 saturated carbocycles. The third kappa shape index (κ3) is 3.86. The molecule has 5 rings (SSSR count). The summed E-state index contributed by atoms with van der Waals surface area (Å²) >= 11 is 3.33. The molecule has 0 fully saturated rings. The molecule has 0 radical (unpaired) electrons. The van der Waals surface area contributed by atoms with Crippen molar-refractivity contribution in [1.82, 2.24) is 24.7 Å². The molecule has 0 aliphatic rings. The molecule has 5 aromatic rings. The summed E-state index contributed by atoms with van der Waals surface area (Å²) in [4.78, 5) is 10.6. The van der Waals surface area contributed by atoms with Gasteiger partial charge in [-0.05, 0) is 36.1 Å². The van der Waals surface area contributed by atoms with Crippen molar-refractivity contribution in [2.75, 3.05) is 0 Å². The molecule has 7 heteroatoms. The predicted molar refractivity (Wildman–Crippen MR) is 123 cm³/mol. The van der Waals surface area contributed by atoms with Crippen molar-refractivity contribution in [3.8, 4) is 10.7 Å². The molecule has 2 aromatic carbocycles. The number of aryl methyl sites for hydroxylation is 1. The molecule has 30 heavy (non-hydrogen) atoms. The molecule has 0 bridgehead atoms. The van der Waals surface area contributed by atoms with Crippen LogP contribution in [-0.4, -0.2) is 24.7 Å². The van der Waals surface area contributed by atoms with Gasteiger partial charge in [0.1, 0.15) is 0 Å². The monoisotopic (exact) mass is 429 g/mol. The normalized spacial score (nSPS) is 11.2. The van der Waals surface area contributed by atoms with Crippen molar-refractivity contribution < 1.29 is 0 Å². The number of hydrogen-bond donors (Lipinski definition) is 0. The van der Waals surface area contributed by atoms with Gasteiger partial charge in [0, 0.05) is 5.75 Å². The second-order valence-corrected chi connectivity index (χ2v) is 8.78. The fourth-order valence-electron chi connectivity index (χ4n) is 3.29. The summed E-state index contributed by atoms with van der Waals surface area (Å²) in [6, 6.07) is 22.5. The molecule has 3 heterocycles. The van der Waals surface area contributed by atoms with Crippen LogP contribution >= 0.6 is 23.1 Å². The third-order valence-corrected chi connectivity index (χ3v) is 6.67. The number of benzene rings is 2. The van der Waals surface area contributed by atoms with E-state index < -0.39 is 0 Å². The zero-order valence-corrected chi connectivity index (χ0v) is 18.0. The third-order valence-electron chi connectivity index (χ3n) is 4.82. The van der Waals surface area contributed by atoms with Crippen molar-refractivity contribution in [2.45, 2.75) is 24.4 Å². The summed E-state index contributed by atoms with van der Waals surface area (Å²) in [5, 5.41) is 12.0. The highest BCUT2D eigenvalue weighted by Crippen LogP contribution is 2.30. The first kappa shape index (κ1) is 19.0. The summed E-state index contributed by atoms with van der Waals surface area (Å²) in [6.45, 7) is 2.74. The van der Waals surface area contributed by atoms with Gasteiger partial charge < -0.3 is 0 Å². The Bertz CT molecular complexity index is 1280. The molecule has 0 amide bonds. The van der Waals surface area contributed by atoms with Gasteiger partial charge in [-0.25, -0.2) is 9.97 Å². The molecule has 0 aliphatic heterocycles. The standard InChI is InChI=1S/C23H19N5S2/c1-16-20(25-19-11-6-5-10-18(19)24-16)15-30-23-27-26-22(21-12-7-13-29-21)28(23)14-17-8-3-2-4-9-17/h2-13H,14-15H2,1H3. The van der Waals surface area contributed by atoms with Crippen molar-refractivity contribution in [3.63, 3.8) is 0 Å². The van der Waals surface area contributed by atoms with Crippen molar-refractivity contribution in [3.05, 3.63) is 89.1 Å². The van der Waals surface area contributed by atoms with E-state index in [1.54, 1.807) is 23.1 Å². The van der Waals surface area contributed by atoms with E-state index >= 15 is 0 Å². The van der Waals surface area contributed by atoms with Crippen molar-refractivity contribution in [1.29, 1.82) is 0 Å². The van der Waals surface area contributed by atoms with E-state index in [9.17, 15) is 0 Å². The largest absolute Gasteiger partial charge is 0.297 e. The van der Waals surface area contributed by atoms with Gasteiger partial charge in [-0.3, -0.25) is 4.57 Å². The number of hydrogen-bond acceptors (Lipinski definition) is 6. The van der Waals surface area contributed by atoms with E-state index in [2.05, 4.69) is 50.5 Å². The Hall–Kier alpha value is -3.03. The number of aromatic nitrogens is 5. The smallest absolute Gasteiger partial charge is 0.192 e. The van der Waals surface area contributed by atoms with Crippen LogP contribution in [0.5, 0.6) is 0 Å². The summed E-state index contributed by atoms with van der Waals surface area (Å²) in [6.07, 6.45) is 0. The fraction of sp³-hybridized carbons (Fsp3) is 0.130. The SMILES string of the molecule is Cc1nc2ccccc2nc1CSc1nnc(-c2cccs2)n1Cc1ccccc1. The quantitative estimate of drug-likeness (QED) is 0.329. The van der Waals surface area contributed by atoms with Crippen molar-refractivity contribution >= 4 is 34.1 Å². The maximum atomic E-state index is 4.82. The summed E-state index contributed by atoms with van der Waals surface area (Å²) in [5.74, 6) is 1.60. The Balaban J connectivity index is 1.46. The highest BCUT2D eigenvalue weighted by Gasteiger charge is 2.16. The van der Waals surface area contributed by atoms with E-state index in [1.807, 2.05) is 43.3 Å². The Morgan fingerprint density at radius 3 is 2.40 bits per heavy atom. The van der Waals surface area contributed by atoms with Crippen LogP contribution in [0.25, 0.3) is 21.7 Å². The van der Waals surface area contributed by atoms with Crippen LogP contribution in [0.4, 0.5) is 0 Å². The van der Waals surface area contributed by atoms with Crippen molar-refractivity contribution in [2.24, 2.45) is 0 Å². The number of thioether (sulfide) groups is 1. The predicted octanol–water partition coefficient (Wildman–Crippen LogP) is 5.60. The highest BCUT2D eigenvalue weighted by molar-refractivity contribution is 7.98. The van der Waals surface area contributed by atoms with Gasteiger partial charge in [0.2, 0.25) is 0 Å². The van der Waals surface area contributed by atoms with E-state index in [-0.39, 0.29) is 0 Å². The van der Waals surface area contributed by atoms with Crippen LogP contribution in [0, 0.1) is 6.92 Å². The van der Waals surface area contributed by atoms with Crippen LogP contribution in [0.3, 0.4) is 0 Å². The minimum Gasteiger partial charge on any atom is -0.297 e. The lowest BCUT2D eigenvalue weighted by atomic mass is 10.2. The molecule has 0 N–H and O–H groups in total.